The Hall–Kier alpha value is -2.51. The minimum Gasteiger partial charge on any atom is -0.496 e. The Bertz CT molecular complexity index is 1000. The molecule has 1 aliphatic rings. The van der Waals surface area contributed by atoms with Crippen LogP contribution in [0.5, 0.6) is 11.5 Å². The molecule has 5 nitrogen and oxygen atoms in total. The number of hydrogen-bond acceptors (Lipinski definition) is 6. The number of carbonyl (C=O) groups excluding carboxylic acids is 1. The molecule has 2 heterocycles. The van der Waals surface area contributed by atoms with Crippen molar-refractivity contribution in [2.75, 3.05) is 25.3 Å². The van der Waals surface area contributed by atoms with E-state index in [1.165, 1.54) is 16.9 Å². The summed E-state index contributed by atoms with van der Waals surface area (Å²) in [6, 6.07) is 11.6. The summed E-state index contributed by atoms with van der Waals surface area (Å²) in [5.74, 6) is 1.26. The number of amides is 1. The van der Waals surface area contributed by atoms with Gasteiger partial charge in [-0.1, -0.05) is 0 Å². The van der Waals surface area contributed by atoms with Gasteiger partial charge in [-0.05, 0) is 48.2 Å². The molecule has 27 heavy (non-hydrogen) atoms. The summed E-state index contributed by atoms with van der Waals surface area (Å²) < 4.78 is 10.9. The van der Waals surface area contributed by atoms with Gasteiger partial charge in [0, 0.05) is 22.3 Å². The van der Waals surface area contributed by atoms with Gasteiger partial charge in [0.2, 0.25) is 0 Å². The van der Waals surface area contributed by atoms with Crippen molar-refractivity contribution in [3.63, 3.8) is 0 Å². The molecule has 0 spiro atoms. The molecule has 0 bridgehead atoms. The van der Waals surface area contributed by atoms with Gasteiger partial charge in [0.05, 0.1) is 25.0 Å². The number of nitrogens with zero attached hydrogens (tertiary/aromatic N) is 1. The summed E-state index contributed by atoms with van der Waals surface area (Å²) in [5.41, 5.74) is 3.55. The molecule has 2 aromatic carbocycles. The molecule has 0 aliphatic carbocycles. The zero-order chi connectivity index (χ0) is 18.8. The molecule has 0 saturated heterocycles. The average Bonchev–Trinajstić information content (AvgIpc) is 3.35. The van der Waals surface area contributed by atoms with E-state index in [9.17, 15) is 4.79 Å². The highest BCUT2D eigenvalue weighted by atomic mass is 32.2. The number of carbonyl (C=O) groups is 1. The molecule has 0 atom stereocenters. The van der Waals surface area contributed by atoms with E-state index in [0.717, 1.165) is 34.9 Å². The number of rotatable bonds is 5. The summed E-state index contributed by atoms with van der Waals surface area (Å²) in [5, 5.41) is 5.37. The Kier molecular flexibility index (Phi) is 5.05. The lowest BCUT2D eigenvalue weighted by molar-refractivity contribution is 0.102. The van der Waals surface area contributed by atoms with Crippen LogP contribution in [0.1, 0.15) is 15.9 Å². The topological polar surface area (TPSA) is 60.5 Å². The van der Waals surface area contributed by atoms with Gasteiger partial charge in [-0.3, -0.25) is 10.1 Å². The van der Waals surface area contributed by atoms with E-state index in [-0.39, 0.29) is 5.91 Å². The van der Waals surface area contributed by atoms with Crippen LogP contribution >= 0.6 is 23.1 Å². The van der Waals surface area contributed by atoms with Crippen LogP contribution in [0.2, 0.25) is 0 Å². The van der Waals surface area contributed by atoms with E-state index in [1.54, 1.807) is 24.9 Å². The maximum Gasteiger partial charge on any atom is 0.261 e. The smallest absolute Gasteiger partial charge is 0.261 e. The zero-order valence-corrected chi connectivity index (χ0v) is 16.6. The van der Waals surface area contributed by atoms with Crippen LogP contribution < -0.4 is 14.8 Å². The number of methoxy groups -OCH3 is 1. The molecule has 1 amide bonds. The lowest BCUT2D eigenvalue weighted by atomic mass is 10.1. The number of thioether (sulfide) groups is 1. The summed E-state index contributed by atoms with van der Waals surface area (Å²) in [6.07, 6.45) is 2.90. The van der Waals surface area contributed by atoms with Gasteiger partial charge < -0.3 is 9.47 Å². The third-order valence-corrected chi connectivity index (χ3v) is 5.85. The number of hydrogen-bond donors (Lipinski definition) is 1. The van der Waals surface area contributed by atoms with Crippen LogP contribution in [-0.2, 0) is 6.42 Å². The number of benzene rings is 2. The predicted octanol–water partition coefficient (Wildman–Crippen LogP) is 4.73. The molecule has 0 radical (unpaired) electrons. The fraction of sp³-hybridized carbons (Fsp3) is 0.200. The highest BCUT2D eigenvalue weighted by Crippen LogP contribution is 2.32. The first-order chi connectivity index (χ1) is 13.2. The molecule has 138 valence electrons. The third-order valence-electron chi connectivity index (χ3n) is 4.36. The maximum atomic E-state index is 12.6. The van der Waals surface area contributed by atoms with Crippen LogP contribution in [-0.4, -0.2) is 30.9 Å². The predicted molar refractivity (Wildman–Crippen MR) is 109 cm³/mol. The Labute approximate surface area is 165 Å². The van der Waals surface area contributed by atoms with E-state index >= 15 is 0 Å². The standard InChI is InChI=1S/C20H18N2O3S2/c1-24-18-10-14(26-2)4-5-15(18)19(23)22-20-21-16(11-27-20)12-3-6-17-13(9-12)7-8-25-17/h3-6,9-11H,7-8H2,1-2H3,(H,21,22,23). The fourth-order valence-corrected chi connectivity index (χ4v) is 4.10. The van der Waals surface area contributed by atoms with Crippen molar-refractivity contribution in [2.45, 2.75) is 11.3 Å². The minimum absolute atomic E-state index is 0.234. The quantitative estimate of drug-likeness (QED) is 0.630. The van der Waals surface area contributed by atoms with Gasteiger partial charge in [0.25, 0.3) is 5.91 Å². The zero-order valence-electron chi connectivity index (χ0n) is 14.9. The molecule has 3 aromatic rings. The fourth-order valence-electron chi connectivity index (χ4n) is 2.96. The van der Waals surface area contributed by atoms with Crippen LogP contribution in [0.25, 0.3) is 11.3 Å². The first-order valence-electron chi connectivity index (χ1n) is 8.43. The van der Waals surface area contributed by atoms with Crippen molar-refractivity contribution in [2.24, 2.45) is 0 Å². The van der Waals surface area contributed by atoms with Gasteiger partial charge in [-0.15, -0.1) is 23.1 Å². The largest absolute Gasteiger partial charge is 0.496 e. The Morgan fingerprint density at radius 3 is 3.00 bits per heavy atom. The van der Waals surface area contributed by atoms with Gasteiger partial charge in [-0.25, -0.2) is 4.98 Å². The monoisotopic (exact) mass is 398 g/mol. The van der Waals surface area contributed by atoms with E-state index in [2.05, 4.69) is 16.4 Å². The molecule has 1 aliphatic heterocycles. The summed E-state index contributed by atoms with van der Waals surface area (Å²) >= 11 is 3.00. The molecule has 1 aromatic heterocycles. The van der Waals surface area contributed by atoms with E-state index < -0.39 is 0 Å². The molecule has 7 heteroatoms. The summed E-state index contributed by atoms with van der Waals surface area (Å²) in [7, 11) is 1.56. The van der Waals surface area contributed by atoms with Crippen LogP contribution in [0, 0.1) is 0 Å². The molecule has 0 fully saturated rings. The van der Waals surface area contributed by atoms with E-state index in [0.29, 0.717) is 16.4 Å². The molecular formula is C20H18N2O3S2. The number of ether oxygens (including phenoxy) is 2. The highest BCUT2D eigenvalue weighted by molar-refractivity contribution is 7.98. The SMILES string of the molecule is COc1cc(SC)ccc1C(=O)Nc1nc(-c2ccc3c(c2)CCO3)cs1. The second-order valence-electron chi connectivity index (χ2n) is 5.98. The highest BCUT2D eigenvalue weighted by Gasteiger charge is 2.17. The Balaban J connectivity index is 1.53. The number of fused-ring (bicyclic) bond motifs is 1. The second-order valence-corrected chi connectivity index (χ2v) is 7.72. The molecule has 0 unspecified atom stereocenters. The van der Waals surface area contributed by atoms with Crippen LogP contribution in [0.4, 0.5) is 5.13 Å². The lowest BCUT2D eigenvalue weighted by Gasteiger charge is -2.09. The van der Waals surface area contributed by atoms with Gasteiger partial charge in [0.1, 0.15) is 11.5 Å². The number of aromatic nitrogens is 1. The van der Waals surface area contributed by atoms with Gasteiger partial charge >= 0.3 is 0 Å². The second kappa shape index (κ2) is 7.62. The van der Waals surface area contributed by atoms with Crippen molar-refractivity contribution in [3.8, 4) is 22.8 Å². The van der Waals surface area contributed by atoms with Gasteiger partial charge in [-0.2, -0.15) is 0 Å². The van der Waals surface area contributed by atoms with E-state index in [1.807, 2.05) is 35.9 Å². The van der Waals surface area contributed by atoms with Gasteiger partial charge in [0.15, 0.2) is 5.13 Å². The first kappa shape index (κ1) is 17.9. The summed E-state index contributed by atoms with van der Waals surface area (Å²) in [4.78, 5) is 18.2. The average molecular weight is 399 g/mol. The van der Waals surface area contributed by atoms with Crippen molar-refractivity contribution in [3.05, 3.63) is 52.9 Å². The first-order valence-corrected chi connectivity index (χ1v) is 10.5. The lowest BCUT2D eigenvalue weighted by Crippen LogP contribution is -2.13. The van der Waals surface area contributed by atoms with Crippen molar-refractivity contribution in [1.29, 1.82) is 0 Å². The molecule has 4 rings (SSSR count). The molecule has 1 N–H and O–H groups in total. The number of nitrogens with one attached hydrogen (secondary N) is 1. The van der Waals surface area contributed by atoms with Crippen LogP contribution in [0.15, 0.2) is 46.7 Å². The van der Waals surface area contributed by atoms with E-state index in [4.69, 9.17) is 9.47 Å². The molecule has 0 saturated carbocycles. The van der Waals surface area contributed by atoms with Crippen molar-refractivity contribution < 1.29 is 14.3 Å². The Morgan fingerprint density at radius 2 is 2.19 bits per heavy atom. The van der Waals surface area contributed by atoms with Crippen molar-refractivity contribution >= 4 is 34.1 Å². The number of thiazole rings is 1. The third kappa shape index (κ3) is 3.65. The van der Waals surface area contributed by atoms with Crippen LogP contribution in [0.3, 0.4) is 0 Å². The van der Waals surface area contributed by atoms with Crippen molar-refractivity contribution in [1.82, 2.24) is 4.98 Å². The summed E-state index contributed by atoms with van der Waals surface area (Å²) in [6.45, 7) is 0.730. The normalized spacial score (nSPS) is 12.4. The number of anilines is 1. The molecular weight excluding hydrogens is 380 g/mol. The minimum atomic E-state index is -0.234. The maximum absolute atomic E-state index is 12.6. The Morgan fingerprint density at radius 1 is 1.30 bits per heavy atom.